The Morgan fingerprint density at radius 3 is 2.60 bits per heavy atom. The summed E-state index contributed by atoms with van der Waals surface area (Å²) in [5.41, 5.74) is 3.77. The van der Waals surface area contributed by atoms with Crippen molar-refractivity contribution in [1.29, 1.82) is 0 Å². The summed E-state index contributed by atoms with van der Waals surface area (Å²) in [5, 5.41) is 10.3. The summed E-state index contributed by atoms with van der Waals surface area (Å²) in [6.07, 6.45) is 1.50. The van der Waals surface area contributed by atoms with E-state index < -0.39 is 0 Å². The maximum atomic E-state index is 10.3. The molecule has 1 N–H and O–H groups in total. The number of para-hydroxylation sites is 1. The highest BCUT2D eigenvalue weighted by atomic mass is 16.3. The molecule has 2 unspecified atom stereocenters. The number of nitrogens with zero attached hydrogens (tertiary/aromatic N) is 1. The lowest BCUT2D eigenvalue weighted by Gasteiger charge is -2.26. The molecular formula is C18H21NO. The van der Waals surface area contributed by atoms with Crippen LogP contribution in [0.3, 0.4) is 0 Å². The number of aliphatic hydroxyl groups is 1. The SMILES string of the molecule is CC1Cc2ccccc2N1CCC(O)c1ccccc1. The molecule has 0 bridgehead atoms. The van der Waals surface area contributed by atoms with Gasteiger partial charge in [0.05, 0.1) is 6.10 Å². The van der Waals surface area contributed by atoms with Gasteiger partial charge in [0.15, 0.2) is 0 Å². The second kappa shape index (κ2) is 5.68. The summed E-state index contributed by atoms with van der Waals surface area (Å²) in [5.74, 6) is 0. The van der Waals surface area contributed by atoms with Crippen molar-refractivity contribution in [2.45, 2.75) is 31.9 Å². The molecule has 0 amide bonds. The molecule has 2 nitrogen and oxygen atoms in total. The highest BCUT2D eigenvalue weighted by Crippen LogP contribution is 2.32. The average molecular weight is 267 g/mol. The zero-order valence-corrected chi connectivity index (χ0v) is 11.9. The second-order valence-electron chi connectivity index (χ2n) is 5.59. The van der Waals surface area contributed by atoms with Crippen LogP contribution in [0.15, 0.2) is 54.6 Å². The molecule has 1 heterocycles. The molecule has 2 aromatic carbocycles. The summed E-state index contributed by atoms with van der Waals surface area (Å²) in [6, 6.07) is 19.0. The molecule has 0 aromatic heterocycles. The van der Waals surface area contributed by atoms with Crippen LogP contribution < -0.4 is 4.90 Å². The largest absolute Gasteiger partial charge is 0.388 e. The van der Waals surface area contributed by atoms with E-state index in [9.17, 15) is 5.11 Å². The fourth-order valence-electron chi connectivity index (χ4n) is 3.07. The van der Waals surface area contributed by atoms with Crippen LogP contribution in [0, 0.1) is 0 Å². The maximum Gasteiger partial charge on any atom is 0.0806 e. The van der Waals surface area contributed by atoms with Gasteiger partial charge in [-0.2, -0.15) is 0 Å². The van der Waals surface area contributed by atoms with Gasteiger partial charge < -0.3 is 10.0 Å². The average Bonchev–Trinajstić information content (AvgIpc) is 2.81. The van der Waals surface area contributed by atoms with Crippen LogP contribution in [0.5, 0.6) is 0 Å². The van der Waals surface area contributed by atoms with E-state index in [0.29, 0.717) is 6.04 Å². The first kappa shape index (κ1) is 13.2. The van der Waals surface area contributed by atoms with Crippen molar-refractivity contribution < 1.29 is 5.11 Å². The molecule has 2 aromatic rings. The van der Waals surface area contributed by atoms with E-state index in [1.54, 1.807) is 0 Å². The summed E-state index contributed by atoms with van der Waals surface area (Å²) in [4.78, 5) is 2.42. The van der Waals surface area contributed by atoms with Crippen molar-refractivity contribution >= 4 is 5.69 Å². The van der Waals surface area contributed by atoms with Crippen molar-refractivity contribution in [1.82, 2.24) is 0 Å². The summed E-state index contributed by atoms with van der Waals surface area (Å²) in [7, 11) is 0. The molecule has 2 atom stereocenters. The van der Waals surface area contributed by atoms with Crippen molar-refractivity contribution in [3.05, 3.63) is 65.7 Å². The third kappa shape index (κ3) is 2.56. The monoisotopic (exact) mass is 267 g/mol. The van der Waals surface area contributed by atoms with Crippen LogP contribution in [-0.4, -0.2) is 17.7 Å². The standard InChI is InChI=1S/C18H21NO/c1-14-13-16-9-5-6-10-17(16)19(14)12-11-18(20)15-7-3-2-4-8-15/h2-10,14,18,20H,11-13H2,1H3. The molecule has 2 heteroatoms. The van der Waals surface area contributed by atoms with Gasteiger partial charge in [0.1, 0.15) is 0 Å². The van der Waals surface area contributed by atoms with Gasteiger partial charge in [0.25, 0.3) is 0 Å². The molecule has 0 radical (unpaired) electrons. The molecule has 104 valence electrons. The first-order valence-electron chi connectivity index (χ1n) is 7.33. The number of rotatable bonds is 4. The van der Waals surface area contributed by atoms with Crippen LogP contribution in [0.4, 0.5) is 5.69 Å². The van der Waals surface area contributed by atoms with Crippen LogP contribution in [0.25, 0.3) is 0 Å². The molecule has 3 rings (SSSR count). The Morgan fingerprint density at radius 2 is 1.80 bits per heavy atom. The van der Waals surface area contributed by atoms with Gasteiger partial charge in [-0.1, -0.05) is 48.5 Å². The number of fused-ring (bicyclic) bond motifs is 1. The second-order valence-corrected chi connectivity index (χ2v) is 5.59. The van der Waals surface area contributed by atoms with E-state index in [4.69, 9.17) is 0 Å². The molecule has 0 fully saturated rings. The third-order valence-electron chi connectivity index (χ3n) is 4.18. The minimum Gasteiger partial charge on any atom is -0.388 e. The van der Waals surface area contributed by atoms with Gasteiger partial charge in [-0.05, 0) is 37.0 Å². The zero-order valence-electron chi connectivity index (χ0n) is 11.9. The van der Waals surface area contributed by atoms with Crippen molar-refractivity contribution in [2.75, 3.05) is 11.4 Å². The Bertz CT molecular complexity index is 567. The first-order chi connectivity index (χ1) is 9.75. The number of hydrogen-bond donors (Lipinski definition) is 1. The highest BCUT2D eigenvalue weighted by molar-refractivity contribution is 5.59. The third-order valence-corrected chi connectivity index (χ3v) is 4.18. The van der Waals surface area contributed by atoms with Crippen molar-refractivity contribution in [3.63, 3.8) is 0 Å². The lowest BCUT2D eigenvalue weighted by Crippen LogP contribution is -2.31. The van der Waals surface area contributed by atoms with Gasteiger partial charge in [0, 0.05) is 18.3 Å². The normalized spacial score (nSPS) is 18.9. The molecule has 0 aliphatic carbocycles. The molecular weight excluding hydrogens is 246 g/mol. The first-order valence-corrected chi connectivity index (χ1v) is 7.33. The van der Waals surface area contributed by atoms with Crippen molar-refractivity contribution in [3.8, 4) is 0 Å². The minimum atomic E-state index is -0.379. The van der Waals surface area contributed by atoms with Crippen LogP contribution >= 0.6 is 0 Å². The minimum absolute atomic E-state index is 0.379. The summed E-state index contributed by atoms with van der Waals surface area (Å²) < 4.78 is 0. The number of benzene rings is 2. The number of anilines is 1. The van der Waals surface area contributed by atoms with Crippen LogP contribution in [-0.2, 0) is 6.42 Å². The van der Waals surface area contributed by atoms with Gasteiger partial charge in [0.2, 0.25) is 0 Å². The number of hydrogen-bond acceptors (Lipinski definition) is 2. The predicted octanol–water partition coefficient (Wildman–Crippen LogP) is 3.56. The van der Waals surface area contributed by atoms with Gasteiger partial charge in [-0.3, -0.25) is 0 Å². The van der Waals surface area contributed by atoms with E-state index in [0.717, 1.165) is 24.9 Å². The van der Waals surface area contributed by atoms with Gasteiger partial charge in [-0.15, -0.1) is 0 Å². The summed E-state index contributed by atoms with van der Waals surface area (Å²) in [6.45, 7) is 3.16. The van der Waals surface area contributed by atoms with E-state index >= 15 is 0 Å². The van der Waals surface area contributed by atoms with E-state index in [-0.39, 0.29) is 6.10 Å². The van der Waals surface area contributed by atoms with Crippen LogP contribution in [0.2, 0.25) is 0 Å². The van der Waals surface area contributed by atoms with Crippen LogP contribution in [0.1, 0.15) is 30.6 Å². The highest BCUT2D eigenvalue weighted by Gasteiger charge is 2.25. The lowest BCUT2D eigenvalue weighted by atomic mass is 10.1. The molecule has 1 aliphatic heterocycles. The zero-order chi connectivity index (χ0) is 13.9. The lowest BCUT2D eigenvalue weighted by molar-refractivity contribution is 0.169. The molecule has 0 spiro atoms. The predicted molar refractivity (Wildman–Crippen MR) is 83.0 cm³/mol. The number of aliphatic hydroxyl groups excluding tert-OH is 1. The Labute approximate surface area is 120 Å². The molecule has 20 heavy (non-hydrogen) atoms. The fourth-order valence-corrected chi connectivity index (χ4v) is 3.07. The molecule has 0 saturated heterocycles. The van der Waals surface area contributed by atoms with Crippen molar-refractivity contribution in [2.24, 2.45) is 0 Å². The van der Waals surface area contributed by atoms with E-state index in [1.807, 2.05) is 30.3 Å². The van der Waals surface area contributed by atoms with Gasteiger partial charge in [-0.25, -0.2) is 0 Å². The Balaban J connectivity index is 1.67. The Kier molecular flexibility index (Phi) is 3.75. The quantitative estimate of drug-likeness (QED) is 0.915. The Morgan fingerprint density at radius 1 is 1.10 bits per heavy atom. The maximum absolute atomic E-state index is 10.3. The smallest absolute Gasteiger partial charge is 0.0806 e. The molecule has 0 saturated carbocycles. The summed E-state index contributed by atoms with van der Waals surface area (Å²) >= 11 is 0. The Hall–Kier alpha value is -1.80. The topological polar surface area (TPSA) is 23.5 Å². The van der Waals surface area contributed by atoms with E-state index in [2.05, 4.69) is 36.1 Å². The fraction of sp³-hybridized carbons (Fsp3) is 0.333. The van der Waals surface area contributed by atoms with E-state index in [1.165, 1.54) is 11.3 Å². The molecule has 1 aliphatic rings. The van der Waals surface area contributed by atoms with Gasteiger partial charge >= 0.3 is 0 Å².